The van der Waals surface area contributed by atoms with Gasteiger partial charge in [-0.05, 0) is 13.8 Å². The van der Waals surface area contributed by atoms with Crippen molar-refractivity contribution in [3.63, 3.8) is 0 Å². The molecule has 10 atom stereocenters. The van der Waals surface area contributed by atoms with Crippen LogP contribution in [0.4, 0.5) is 0 Å². The van der Waals surface area contributed by atoms with Crippen LogP contribution in [0.15, 0.2) is 21.9 Å². The van der Waals surface area contributed by atoms with Crippen molar-refractivity contribution in [1.29, 1.82) is 0 Å². The van der Waals surface area contributed by atoms with Crippen LogP contribution in [0.5, 0.6) is 0 Å². The molecule has 37 heavy (non-hydrogen) atoms. The number of fused-ring (bicyclic) bond motifs is 1. The number of aromatic nitrogens is 2. The molecule has 3 saturated heterocycles. The van der Waals surface area contributed by atoms with Crippen molar-refractivity contribution >= 4 is 5.97 Å². The highest BCUT2D eigenvalue weighted by Crippen LogP contribution is 2.43. The number of carbonyl (C=O) groups is 1. The molecule has 0 saturated carbocycles. The minimum absolute atomic E-state index is 0.532. The van der Waals surface area contributed by atoms with E-state index in [1.165, 1.54) is 6.20 Å². The Morgan fingerprint density at radius 2 is 1.89 bits per heavy atom. The molecule has 7 N–H and O–H groups in total. The highest BCUT2D eigenvalue weighted by Gasteiger charge is 2.59. The summed E-state index contributed by atoms with van der Waals surface area (Å²) in [6.45, 7) is 1.78. The van der Waals surface area contributed by atoms with Gasteiger partial charge in [0.2, 0.25) is 0 Å². The van der Waals surface area contributed by atoms with Crippen LogP contribution < -0.4 is 11.2 Å². The summed E-state index contributed by atoms with van der Waals surface area (Å²) in [4.78, 5) is 38.2. The van der Waals surface area contributed by atoms with Gasteiger partial charge in [0.05, 0.1) is 19.3 Å². The summed E-state index contributed by atoms with van der Waals surface area (Å²) in [7, 11) is 0. The van der Waals surface area contributed by atoms with Crippen molar-refractivity contribution in [3.8, 4) is 0 Å². The average molecular weight is 534 g/mol. The van der Waals surface area contributed by atoms with Gasteiger partial charge in [0.15, 0.2) is 12.0 Å². The van der Waals surface area contributed by atoms with Crippen LogP contribution in [0.3, 0.4) is 0 Å². The molecular weight excluding hydrogens is 504 g/mol. The van der Waals surface area contributed by atoms with Gasteiger partial charge in [-0.2, -0.15) is 0 Å². The van der Waals surface area contributed by atoms with Crippen molar-refractivity contribution < 1.29 is 59.1 Å². The van der Waals surface area contributed by atoms with Gasteiger partial charge in [-0.25, -0.2) is 9.59 Å². The summed E-state index contributed by atoms with van der Waals surface area (Å²) in [5.41, 5.74) is -1.40. The third-order valence-corrected chi connectivity index (χ3v) is 6.51. The van der Waals surface area contributed by atoms with Crippen LogP contribution in [-0.2, 0) is 28.5 Å². The summed E-state index contributed by atoms with van der Waals surface area (Å²) in [6, 6.07) is 1.11. The quantitative estimate of drug-likeness (QED) is 0.168. The van der Waals surface area contributed by atoms with Gasteiger partial charge in [-0.1, -0.05) is 0 Å². The number of aliphatic carboxylic acids is 1. The fourth-order valence-corrected chi connectivity index (χ4v) is 4.71. The normalized spacial score (nSPS) is 38.7. The Morgan fingerprint density at radius 3 is 2.51 bits per heavy atom. The van der Waals surface area contributed by atoms with Gasteiger partial charge in [-0.15, -0.1) is 0 Å². The number of nitrogens with zero attached hydrogens (tertiary/aromatic N) is 1. The molecule has 0 aliphatic carbocycles. The summed E-state index contributed by atoms with van der Waals surface area (Å²) in [6.07, 6.45) is -12.5. The van der Waals surface area contributed by atoms with E-state index in [0.29, 0.717) is 0 Å². The number of ether oxygens (including phenoxy) is 5. The average Bonchev–Trinajstić information content (AvgIpc) is 3.31. The van der Waals surface area contributed by atoms with Crippen LogP contribution in [0, 0.1) is 0 Å². The summed E-state index contributed by atoms with van der Waals surface area (Å²) >= 11 is 0. The van der Waals surface area contributed by atoms with E-state index in [1.54, 1.807) is 13.8 Å². The number of rotatable bonds is 8. The number of nitrogens with one attached hydrogen (secondary N) is 1. The monoisotopic (exact) mass is 534 g/mol. The van der Waals surface area contributed by atoms with Gasteiger partial charge < -0.3 is 54.3 Å². The molecule has 0 spiro atoms. The first kappa shape index (κ1) is 27.8. The summed E-state index contributed by atoms with van der Waals surface area (Å²) < 4.78 is 29.7. The number of hydrogen-bond acceptors (Lipinski definition) is 13. The molecular formula is C21H30N2O14. The lowest BCUT2D eigenvalue weighted by Crippen LogP contribution is -2.64. The lowest BCUT2D eigenvalue weighted by atomic mass is 9.90. The molecule has 0 radical (unpaired) electrons. The predicted molar refractivity (Wildman–Crippen MR) is 116 cm³/mol. The minimum atomic E-state index is -2.60. The van der Waals surface area contributed by atoms with Gasteiger partial charge in [-0.3, -0.25) is 14.3 Å². The Hall–Kier alpha value is -2.25. The number of hydrogen-bond donors (Lipinski definition) is 7. The molecule has 0 unspecified atom stereocenters. The molecule has 208 valence electrons. The molecule has 4 rings (SSSR count). The second kappa shape index (κ2) is 10.1. The Labute approximate surface area is 208 Å². The minimum Gasteiger partial charge on any atom is -0.477 e. The molecule has 0 bridgehead atoms. The molecule has 16 heteroatoms. The topological polar surface area (TPSA) is 239 Å². The van der Waals surface area contributed by atoms with Crippen LogP contribution in [-0.4, -0.2) is 120 Å². The molecule has 3 aliphatic heterocycles. The zero-order valence-corrected chi connectivity index (χ0v) is 19.9. The Morgan fingerprint density at radius 1 is 1.22 bits per heavy atom. The van der Waals surface area contributed by atoms with Crippen molar-refractivity contribution in [2.45, 2.75) is 86.9 Å². The van der Waals surface area contributed by atoms with Gasteiger partial charge in [0, 0.05) is 18.7 Å². The van der Waals surface area contributed by atoms with Crippen molar-refractivity contribution in [1.82, 2.24) is 9.55 Å². The number of aliphatic hydroxyl groups excluding tert-OH is 5. The SMILES string of the molecule is CC1(C)O[C@@H]2[C@H](O1)[C@@H](CO[C@]1(C(=O)O)C[C@H](O)[C@@H](O)[C@H]([C@@H](O)[C@H](O)CO)O1)O[C@H]2n1ccc(=O)[nH]c1=O. The highest BCUT2D eigenvalue weighted by molar-refractivity contribution is 5.76. The molecule has 16 nitrogen and oxygen atoms in total. The number of carboxylic acid groups (broad SMARTS) is 1. The van der Waals surface area contributed by atoms with E-state index in [4.69, 9.17) is 28.8 Å². The third kappa shape index (κ3) is 5.22. The predicted octanol–water partition coefficient (Wildman–Crippen LogP) is -4.02. The van der Waals surface area contributed by atoms with Gasteiger partial charge in [0.1, 0.15) is 42.7 Å². The zero-order valence-electron chi connectivity index (χ0n) is 19.9. The first-order valence-corrected chi connectivity index (χ1v) is 11.5. The fraction of sp³-hybridized carbons (Fsp3) is 0.762. The van der Waals surface area contributed by atoms with Crippen LogP contribution in [0.2, 0.25) is 0 Å². The molecule has 3 aliphatic rings. The van der Waals surface area contributed by atoms with E-state index in [-0.39, 0.29) is 0 Å². The van der Waals surface area contributed by atoms with E-state index < -0.39 is 103 Å². The molecule has 0 amide bonds. The van der Waals surface area contributed by atoms with Gasteiger partial charge >= 0.3 is 11.7 Å². The lowest BCUT2D eigenvalue weighted by Gasteiger charge is -2.44. The number of aromatic amines is 1. The first-order valence-electron chi connectivity index (χ1n) is 11.5. The van der Waals surface area contributed by atoms with E-state index in [9.17, 15) is 39.9 Å². The van der Waals surface area contributed by atoms with E-state index in [2.05, 4.69) is 4.98 Å². The molecule has 3 fully saturated rings. The zero-order chi connectivity index (χ0) is 27.3. The number of aliphatic hydroxyl groups is 5. The third-order valence-electron chi connectivity index (χ3n) is 6.51. The smallest absolute Gasteiger partial charge is 0.364 e. The maximum atomic E-state index is 12.4. The number of H-pyrrole nitrogens is 1. The van der Waals surface area contributed by atoms with Crippen molar-refractivity contribution in [3.05, 3.63) is 33.1 Å². The maximum absolute atomic E-state index is 12.4. The van der Waals surface area contributed by atoms with Crippen molar-refractivity contribution in [2.24, 2.45) is 0 Å². The van der Waals surface area contributed by atoms with Crippen molar-refractivity contribution in [2.75, 3.05) is 13.2 Å². The van der Waals surface area contributed by atoms with E-state index in [0.717, 1.165) is 10.6 Å². The molecule has 1 aromatic rings. The van der Waals surface area contributed by atoms with E-state index in [1.807, 2.05) is 0 Å². The second-order valence-electron chi connectivity index (χ2n) is 9.60. The van der Waals surface area contributed by atoms with Crippen LogP contribution >= 0.6 is 0 Å². The largest absolute Gasteiger partial charge is 0.477 e. The van der Waals surface area contributed by atoms with Gasteiger partial charge in [0.25, 0.3) is 11.3 Å². The molecule has 1 aromatic heterocycles. The molecule has 4 heterocycles. The Kier molecular flexibility index (Phi) is 7.61. The maximum Gasteiger partial charge on any atom is 0.364 e. The van der Waals surface area contributed by atoms with Crippen LogP contribution in [0.25, 0.3) is 0 Å². The second-order valence-corrected chi connectivity index (χ2v) is 9.60. The van der Waals surface area contributed by atoms with E-state index >= 15 is 0 Å². The summed E-state index contributed by atoms with van der Waals surface area (Å²) in [5, 5.41) is 59.6. The lowest BCUT2D eigenvalue weighted by molar-refractivity contribution is -0.332. The first-order chi connectivity index (χ1) is 17.3. The summed E-state index contributed by atoms with van der Waals surface area (Å²) in [5.74, 6) is -5.41. The fourth-order valence-electron chi connectivity index (χ4n) is 4.71. The number of carboxylic acids is 1. The molecule has 0 aromatic carbocycles. The Balaban J connectivity index is 1.58. The van der Waals surface area contributed by atoms with Crippen LogP contribution in [0.1, 0.15) is 26.5 Å². The Bertz CT molecular complexity index is 1110. The highest BCUT2D eigenvalue weighted by atomic mass is 16.8. The standard InChI is InChI=1S/C21H30N2O14/c1-20(2)35-14-10(34-17(16(14)36-20)23-4-3-11(27)22-19(23)32)7-33-21(18(30)31)5-8(25)12(28)15(37-21)13(29)9(26)6-24/h3-4,8-10,12-17,24-26,28-29H,5-7H2,1-2H3,(H,30,31)(H,22,27,32)/t8-,9+,10+,12+,13-,14+,15+,16+,17+,21+/m0/s1.